The van der Waals surface area contributed by atoms with E-state index in [9.17, 15) is 14.4 Å². The van der Waals surface area contributed by atoms with E-state index < -0.39 is 24.0 Å². The lowest BCUT2D eigenvalue weighted by Crippen LogP contribution is -2.12. The maximum atomic E-state index is 11.1. The molecule has 0 aliphatic heterocycles. The van der Waals surface area contributed by atoms with E-state index in [1.165, 1.54) is 0 Å². The minimum atomic E-state index is -0.909. The van der Waals surface area contributed by atoms with Gasteiger partial charge in [-0.15, -0.1) is 9.98 Å². The fraction of sp³-hybridized carbons (Fsp3) is 0.375. The summed E-state index contributed by atoms with van der Waals surface area (Å²) in [6.45, 7) is 0.869. The molecule has 0 aliphatic carbocycles. The average molecular weight is 212 g/mol. The number of aliphatic imine (C=N–C) groups is 2. The van der Waals surface area contributed by atoms with Crippen molar-refractivity contribution in [3.8, 4) is 0 Å². The third-order valence-electron chi connectivity index (χ3n) is 1.25. The van der Waals surface area contributed by atoms with E-state index in [-0.39, 0.29) is 6.61 Å². The Bertz CT molecular complexity index is 341. The van der Waals surface area contributed by atoms with Crippen molar-refractivity contribution in [2.75, 3.05) is 13.2 Å². The van der Waals surface area contributed by atoms with Crippen molar-refractivity contribution in [2.45, 2.75) is 6.92 Å². The number of isocyanates is 2. The third kappa shape index (κ3) is 4.10. The number of ether oxygens (including phenoxy) is 1. The van der Waals surface area contributed by atoms with Crippen LogP contribution in [0.25, 0.3) is 0 Å². The SMILES string of the molecule is CCOC(=O)C(CO)=C(N=C=O)N=C=O. The summed E-state index contributed by atoms with van der Waals surface area (Å²) in [5, 5.41) is 8.81. The molecule has 15 heavy (non-hydrogen) atoms. The molecular weight excluding hydrogens is 204 g/mol. The number of nitrogens with zero attached hydrogens (tertiary/aromatic N) is 2. The Balaban J connectivity index is 5.29. The van der Waals surface area contributed by atoms with Crippen molar-refractivity contribution in [1.29, 1.82) is 0 Å². The first kappa shape index (κ1) is 12.9. The second kappa shape index (κ2) is 7.34. The number of carbonyl (C=O) groups excluding carboxylic acids is 3. The second-order valence-corrected chi connectivity index (χ2v) is 2.09. The van der Waals surface area contributed by atoms with E-state index in [4.69, 9.17) is 5.11 Å². The van der Waals surface area contributed by atoms with Gasteiger partial charge in [-0.25, -0.2) is 14.4 Å². The molecule has 0 saturated heterocycles. The summed E-state index contributed by atoms with van der Waals surface area (Å²) in [7, 11) is 0. The molecule has 0 unspecified atom stereocenters. The van der Waals surface area contributed by atoms with Crippen LogP contribution >= 0.6 is 0 Å². The molecule has 0 aromatic rings. The molecule has 0 rings (SSSR count). The topological polar surface area (TPSA) is 105 Å². The van der Waals surface area contributed by atoms with Gasteiger partial charge in [-0.1, -0.05) is 0 Å². The van der Waals surface area contributed by atoms with E-state index >= 15 is 0 Å². The van der Waals surface area contributed by atoms with E-state index in [0.717, 1.165) is 12.2 Å². The summed E-state index contributed by atoms with van der Waals surface area (Å²) in [6, 6.07) is 0. The van der Waals surface area contributed by atoms with Gasteiger partial charge in [-0.05, 0) is 6.92 Å². The number of hydrogen-bond donors (Lipinski definition) is 1. The van der Waals surface area contributed by atoms with Crippen LogP contribution in [0.2, 0.25) is 0 Å². The van der Waals surface area contributed by atoms with Gasteiger partial charge in [0.2, 0.25) is 12.2 Å². The van der Waals surface area contributed by atoms with Gasteiger partial charge < -0.3 is 9.84 Å². The Morgan fingerprint density at radius 2 is 1.87 bits per heavy atom. The summed E-state index contributed by atoms with van der Waals surface area (Å²) >= 11 is 0. The second-order valence-electron chi connectivity index (χ2n) is 2.09. The Kier molecular flexibility index (Phi) is 6.33. The van der Waals surface area contributed by atoms with Gasteiger partial charge >= 0.3 is 5.97 Å². The van der Waals surface area contributed by atoms with E-state index in [1.54, 1.807) is 6.92 Å². The molecule has 80 valence electrons. The summed E-state index contributed by atoms with van der Waals surface area (Å²) in [5.41, 5.74) is -0.399. The molecule has 0 heterocycles. The molecule has 0 aliphatic rings. The van der Waals surface area contributed by atoms with Crippen molar-refractivity contribution in [3.63, 3.8) is 0 Å². The van der Waals surface area contributed by atoms with Crippen molar-refractivity contribution in [2.24, 2.45) is 9.98 Å². The molecular formula is C8H8N2O5. The molecule has 0 aromatic heterocycles. The van der Waals surface area contributed by atoms with E-state index in [1.807, 2.05) is 0 Å². The zero-order chi connectivity index (χ0) is 11.7. The van der Waals surface area contributed by atoms with Gasteiger partial charge in [0, 0.05) is 0 Å². The highest BCUT2D eigenvalue weighted by molar-refractivity contribution is 5.89. The largest absolute Gasteiger partial charge is 0.462 e. The fourth-order valence-corrected chi connectivity index (χ4v) is 0.691. The van der Waals surface area contributed by atoms with Crippen LogP contribution in [0.1, 0.15) is 6.92 Å². The predicted octanol–water partition coefficient (Wildman–Crippen LogP) is -0.575. The monoisotopic (exact) mass is 212 g/mol. The molecule has 0 amide bonds. The summed E-state index contributed by atoms with van der Waals surface area (Å²) in [5.74, 6) is -1.46. The molecule has 7 heteroatoms. The molecule has 0 fully saturated rings. The van der Waals surface area contributed by atoms with Crippen LogP contribution in [0.4, 0.5) is 0 Å². The molecule has 0 atom stereocenters. The first-order chi connectivity index (χ1) is 7.21. The molecule has 1 N–H and O–H groups in total. The lowest BCUT2D eigenvalue weighted by Gasteiger charge is -2.03. The smallest absolute Gasteiger partial charge is 0.340 e. The fourth-order valence-electron chi connectivity index (χ4n) is 0.691. The minimum absolute atomic E-state index is 0.0746. The number of carbonyl (C=O) groups is 1. The molecule has 0 radical (unpaired) electrons. The molecule has 0 saturated carbocycles. The van der Waals surface area contributed by atoms with Crippen LogP contribution in [-0.2, 0) is 19.1 Å². The van der Waals surface area contributed by atoms with Crippen LogP contribution < -0.4 is 0 Å². The first-order valence-corrected chi connectivity index (χ1v) is 3.88. The van der Waals surface area contributed by atoms with Crippen LogP contribution in [0.3, 0.4) is 0 Å². The zero-order valence-electron chi connectivity index (χ0n) is 7.89. The van der Waals surface area contributed by atoms with Crippen molar-refractivity contribution < 1.29 is 24.2 Å². The number of aliphatic hydroxyl groups is 1. The third-order valence-corrected chi connectivity index (χ3v) is 1.25. The Morgan fingerprint density at radius 1 is 1.33 bits per heavy atom. The lowest BCUT2D eigenvalue weighted by atomic mass is 10.3. The highest BCUT2D eigenvalue weighted by Gasteiger charge is 2.15. The quantitative estimate of drug-likeness (QED) is 0.284. The number of esters is 1. The normalized spacial score (nSPS) is 8.13. The summed E-state index contributed by atoms with van der Waals surface area (Å²) in [6.07, 6.45) is 2.18. The zero-order valence-corrected chi connectivity index (χ0v) is 7.89. The molecule has 0 spiro atoms. The van der Waals surface area contributed by atoms with Gasteiger partial charge in [0.05, 0.1) is 13.2 Å². The van der Waals surface area contributed by atoms with Crippen molar-refractivity contribution in [3.05, 3.63) is 11.4 Å². The van der Waals surface area contributed by atoms with Crippen molar-refractivity contribution >= 4 is 18.1 Å². The Morgan fingerprint density at radius 3 is 2.20 bits per heavy atom. The Hall–Kier alpha value is -2.07. The van der Waals surface area contributed by atoms with E-state index in [0.29, 0.717) is 0 Å². The van der Waals surface area contributed by atoms with Gasteiger partial charge in [-0.2, -0.15) is 0 Å². The summed E-state index contributed by atoms with van der Waals surface area (Å²) in [4.78, 5) is 37.0. The first-order valence-electron chi connectivity index (χ1n) is 3.88. The van der Waals surface area contributed by atoms with Gasteiger partial charge in [0.1, 0.15) is 5.57 Å². The van der Waals surface area contributed by atoms with Crippen molar-refractivity contribution in [1.82, 2.24) is 0 Å². The molecule has 7 nitrogen and oxygen atoms in total. The number of rotatable bonds is 5. The molecule has 0 aromatic carbocycles. The standard InChI is InChI=1S/C8H8N2O5/c1-2-15-8(14)6(3-11)7(9-4-12)10-5-13/h11H,2-3H2,1H3. The summed E-state index contributed by atoms with van der Waals surface area (Å²) < 4.78 is 4.53. The number of aliphatic hydroxyl groups excluding tert-OH is 1. The number of hydrogen-bond acceptors (Lipinski definition) is 7. The maximum Gasteiger partial charge on any atom is 0.340 e. The average Bonchev–Trinajstić information content (AvgIpc) is 2.20. The predicted molar refractivity (Wildman–Crippen MR) is 47.0 cm³/mol. The minimum Gasteiger partial charge on any atom is -0.462 e. The van der Waals surface area contributed by atoms with Crippen LogP contribution in [0, 0.1) is 0 Å². The van der Waals surface area contributed by atoms with E-state index in [2.05, 4.69) is 14.7 Å². The lowest BCUT2D eigenvalue weighted by molar-refractivity contribution is -0.139. The molecule has 0 bridgehead atoms. The highest BCUT2D eigenvalue weighted by atomic mass is 16.5. The van der Waals surface area contributed by atoms with Crippen LogP contribution in [-0.4, -0.2) is 36.4 Å². The van der Waals surface area contributed by atoms with Gasteiger partial charge in [-0.3, -0.25) is 0 Å². The van der Waals surface area contributed by atoms with Gasteiger partial charge in [0.25, 0.3) is 0 Å². The highest BCUT2D eigenvalue weighted by Crippen LogP contribution is 2.08. The van der Waals surface area contributed by atoms with Crippen LogP contribution in [0.5, 0.6) is 0 Å². The van der Waals surface area contributed by atoms with Crippen LogP contribution in [0.15, 0.2) is 21.4 Å². The maximum absolute atomic E-state index is 11.1. The Labute approximate surface area is 84.8 Å². The van der Waals surface area contributed by atoms with Gasteiger partial charge in [0.15, 0.2) is 5.82 Å².